The number of rotatable bonds is 3. The molecule has 0 aliphatic carbocycles. The van der Waals surface area contributed by atoms with Crippen molar-refractivity contribution in [1.82, 2.24) is 20.0 Å². The lowest BCUT2D eigenvalue weighted by Gasteiger charge is -2.37. The summed E-state index contributed by atoms with van der Waals surface area (Å²) in [6, 6.07) is 9.14. The van der Waals surface area contributed by atoms with Crippen LogP contribution in [0.5, 0.6) is 0 Å². The Labute approximate surface area is 141 Å². The minimum atomic E-state index is -0.542. The van der Waals surface area contributed by atoms with Gasteiger partial charge in [-0.25, -0.2) is 4.39 Å². The Morgan fingerprint density at radius 2 is 2.04 bits per heavy atom. The van der Waals surface area contributed by atoms with E-state index in [0.717, 1.165) is 0 Å². The molecule has 0 saturated carbocycles. The molecule has 7 nitrogen and oxygen atoms in total. The van der Waals surface area contributed by atoms with E-state index >= 15 is 0 Å². The van der Waals surface area contributed by atoms with E-state index in [9.17, 15) is 14.0 Å². The summed E-state index contributed by atoms with van der Waals surface area (Å²) in [6.07, 6.45) is 1.52. The molecule has 8 heteroatoms. The first-order valence-electron chi connectivity index (χ1n) is 7.69. The van der Waals surface area contributed by atoms with Crippen molar-refractivity contribution in [3.05, 3.63) is 70.2 Å². The number of nitrogens with one attached hydrogen (secondary N) is 1. The first kappa shape index (κ1) is 15.3. The van der Waals surface area contributed by atoms with Gasteiger partial charge in [0.05, 0.1) is 17.0 Å². The number of amides is 1. The fourth-order valence-corrected chi connectivity index (χ4v) is 2.71. The molecule has 1 aliphatic heterocycles. The van der Waals surface area contributed by atoms with E-state index < -0.39 is 5.82 Å². The second kappa shape index (κ2) is 5.97. The molecule has 1 saturated heterocycles. The number of pyridine rings is 1. The highest BCUT2D eigenvalue weighted by atomic mass is 19.1. The third-order valence-corrected chi connectivity index (χ3v) is 4.12. The van der Waals surface area contributed by atoms with Crippen LogP contribution < -0.4 is 5.56 Å². The summed E-state index contributed by atoms with van der Waals surface area (Å²) < 4.78 is 18.9. The first-order valence-corrected chi connectivity index (χ1v) is 7.69. The molecule has 25 heavy (non-hydrogen) atoms. The molecule has 1 aliphatic rings. The molecule has 0 radical (unpaired) electrons. The summed E-state index contributed by atoms with van der Waals surface area (Å²) in [7, 11) is 0. The number of H-pyrrole nitrogens is 1. The molecule has 1 fully saturated rings. The number of carbonyl (C=O) groups excluding carboxylic acids is 1. The minimum Gasteiger partial charge on any atom is -0.339 e. The third kappa shape index (κ3) is 2.71. The van der Waals surface area contributed by atoms with E-state index in [0.29, 0.717) is 24.5 Å². The van der Waals surface area contributed by atoms with Gasteiger partial charge in [0.2, 0.25) is 11.7 Å². The lowest BCUT2D eigenvalue weighted by Crippen LogP contribution is -2.48. The van der Waals surface area contributed by atoms with Gasteiger partial charge >= 0.3 is 0 Å². The number of hydrogen-bond acceptors (Lipinski definition) is 5. The van der Waals surface area contributed by atoms with Crippen LogP contribution in [0.3, 0.4) is 0 Å². The van der Waals surface area contributed by atoms with Crippen molar-refractivity contribution < 1.29 is 13.7 Å². The second-order valence-electron chi connectivity index (χ2n) is 5.76. The van der Waals surface area contributed by atoms with Crippen molar-refractivity contribution in [1.29, 1.82) is 0 Å². The SMILES string of the molecule is O=C(c1ccccc1F)N1CC(c2nc(-c3ccc[nH]c3=O)no2)C1. The summed E-state index contributed by atoms with van der Waals surface area (Å²) in [5.74, 6) is -0.473. The topological polar surface area (TPSA) is 92.1 Å². The Balaban J connectivity index is 1.47. The van der Waals surface area contributed by atoms with Crippen LogP contribution in [-0.4, -0.2) is 39.0 Å². The summed E-state index contributed by atoms with van der Waals surface area (Å²) in [5, 5.41) is 3.82. The van der Waals surface area contributed by atoms with E-state index in [4.69, 9.17) is 4.52 Å². The molecular weight excluding hydrogens is 327 g/mol. The zero-order valence-electron chi connectivity index (χ0n) is 13.0. The smallest absolute Gasteiger partial charge is 0.259 e. The van der Waals surface area contributed by atoms with Gasteiger partial charge in [0, 0.05) is 19.3 Å². The maximum atomic E-state index is 13.7. The van der Waals surface area contributed by atoms with Crippen molar-refractivity contribution in [2.24, 2.45) is 0 Å². The van der Waals surface area contributed by atoms with Gasteiger partial charge in [-0.1, -0.05) is 17.3 Å². The number of likely N-dealkylation sites (tertiary alicyclic amines) is 1. The minimum absolute atomic E-state index is 0.0444. The molecule has 0 spiro atoms. The van der Waals surface area contributed by atoms with Crippen LogP contribution in [0.4, 0.5) is 4.39 Å². The highest BCUT2D eigenvalue weighted by molar-refractivity contribution is 5.95. The zero-order chi connectivity index (χ0) is 17.4. The van der Waals surface area contributed by atoms with Crippen molar-refractivity contribution >= 4 is 5.91 Å². The molecule has 3 aromatic rings. The van der Waals surface area contributed by atoms with Crippen molar-refractivity contribution in [2.45, 2.75) is 5.92 Å². The Bertz CT molecular complexity index is 991. The van der Waals surface area contributed by atoms with Gasteiger partial charge in [0.15, 0.2) is 0 Å². The quantitative estimate of drug-likeness (QED) is 0.785. The molecule has 1 aromatic carbocycles. The van der Waals surface area contributed by atoms with Gasteiger partial charge < -0.3 is 14.4 Å². The molecule has 0 bridgehead atoms. The van der Waals surface area contributed by atoms with Gasteiger partial charge in [-0.2, -0.15) is 4.98 Å². The molecule has 1 amide bonds. The number of halogens is 1. The predicted molar refractivity (Wildman–Crippen MR) is 85.4 cm³/mol. The van der Waals surface area contributed by atoms with E-state index in [1.165, 1.54) is 29.3 Å². The van der Waals surface area contributed by atoms with Crippen LogP contribution in [0.15, 0.2) is 51.9 Å². The summed E-state index contributed by atoms with van der Waals surface area (Å²) in [5.41, 5.74) is 0.0546. The summed E-state index contributed by atoms with van der Waals surface area (Å²) >= 11 is 0. The Morgan fingerprint density at radius 3 is 2.80 bits per heavy atom. The monoisotopic (exact) mass is 340 g/mol. The number of benzene rings is 1. The largest absolute Gasteiger partial charge is 0.339 e. The number of aromatic amines is 1. The molecular formula is C17H13FN4O3. The van der Waals surface area contributed by atoms with Crippen molar-refractivity contribution in [3.8, 4) is 11.4 Å². The fraction of sp³-hybridized carbons (Fsp3) is 0.176. The fourth-order valence-electron chi connectivity index (χ4n) is 2.71. The molecule has 0 atom stereocenters. The van der Waals surface area contributed by atoms with Crippen molar-refractivity contribution in [3.63, 3.8) is 0 Å². The van der Waals surface area contributed by atoms with Crippen LogP contribution in [0.1, 0.15) is 22.2 Å². The van der Waals surface area contributed by atoms with Crippen LogP contribution in [0, 0.1) is 5.82 Å². The Hall–Kier alpha value is -3.29. The van der Waals surface area contributed by atoms with Crippen LogP contribution >= 0.6 is 0 Å². The first-order chi connectivity index (χ1) is 12.1. The van der Waals surface area contributed by atoms with Crippen LogP contribution in [0.2, 0.25) is 0 Å². The molecule has 126 valence electrons. The number of aromatic nitrogens is 3. The maximum absolute atomic E-state index is 13.7. The lowest BCUT2D eigenvalue weighted by atomic mass is 9.98. The standard InChI is InChI=1S/C17H13FN4O3/c18-13-6-2-1-4-11(13)17(24)22-8-10(9-22)16-20-14(21-25-16)12-5-3-7-19-15(12)23/h1-7,10H,8-9H2,(H,19,23). The van der Waals surface area contributed by atoms with E-state index in [1.807, 2.05) is 0 Å². The maximum Gasteiger partial charge on any atom is 0.259 e. The summed E-state index contributed by atoms with van der Waals surface area (Å²) in [4.78, 5) is 32.3. The van der Waals surface area contributed by atoms with Gasteiger partial charge in [-0.3, -0.25) is 9.59 Å². The molecule has 4 rings (SSSR count). The average molecular weight is 340 g/mol. The second-order valence-corrected chi connectivity index (χ2v) is 5.76. The van der Waals surface area contributed by atoms with Gasteiger partial charge in [0.25, 0.3) is 11.5 Å². The predicted octanol–water partition coefficient (Wildman–Crippen LogP) is 1.80. The number of carbonyl (C=O) groups is 1. The lowest BCUT2D eigenvalue weighted by molar-refractivity contribution is 0.0564. The zero-order valence-corrected chi connectivity index (χ0v) is 13.0. The molecule has 1 N–H and O–H groups in total. The molecule has 3 heterocycles. The highest BCUT2D eigenvalue weighted by Crippen LogP contribution is 2.28. The third-order valence-electron chi connectivity index (χ3n) is 4.12. The molecule has 2 aromatic heterocycles. The Morgan fingerprint density at radius 1 is 1.24 bits per heavy atom. The van der Waals surface area contributed by atoms with Gasteiger partial charge in [-0.15, -0.1) is 0 Å². The van der Waals surface area contributed by atoms with Gasteiger partial charge in [-0.05, 0) is 24.3 Å². The summed E-state index contributed by atoms with van der Waals surface area (Å²) in [6.45, 7) is 0.722. The van der Waals surface area contributed by atoms with E-state index in [1.54, 1.807) is 18.2 Å². The van der Waals surface area contributed by atoms with Crippen LogP contribution in [0.25, 0.3) is 11.4 Å². The van der Waals surface area contributed by atoms with E-state index in [2.05, 4.69) is 15.1 Å². The van der Waals surface area contributed by atoms with E-state index in [-0.39, 0.29) is 28.8 Å². The number of hydrogen-bond donors (Lipinski definition) is 1. The highest BCUT2D eigenvalue weighted by Gasteiger charge is 2.36. The number of nitrogens with zero attached hydrogens (tertiary/aromatic N) is 3. The van der Waals surface area contributed by atoms with Crippen LogP contribution in [-0.2, 0) is 0 Å². The van der Waals surface area contributed by atoms with Gasteiger partial charge in [0.1, 0.15) is 5.82 Å². The normalized spacial score (nSPS) is 14.4. The van der Waals surface area contributed by atoms with Crippen molar-refractivity contribution in [2.75, 3.05) is 13.1 Å². The Kier molecular flexibility index (Phi) is 3.64. The molecule has 0 unspecified atom stereocenters. The average Bonchev–Trinajstić information content (AvgIpc) is 3.03.